The molecule has 0 spiro atoms. The molecule has 1 amide bonds. The Hall–Kier alpha value is -1.89. The van der Waals surface area contributed by atoms with Crippen LogP contribution >= 0.6 is 0 Å². The molecule has 0 aliphatic rings. The van der Waals surface area contributed by atoms with Gasteiger partial charge in [0.25, 0.3) is 5.91 Å². The number of amides is 1. The highest BCUT2D eigenvalue weighted by Gasteiger charge is 2.17. The van der Waals surface area contributed by atoms with Crippen LogP contribution in [-0.4, -0.2) is 28.9 Å². The van der Waals surface area contributed by atoms with Gasteiger partial charge in [0.15, 0.2) is 0 Å². The zero-order valence-electron chi connectivity index (χ0n) is 10.5. The van der Waals surface area contributed by atoms with Crippen molar-refractivity contribution < 1.29 is 4.79 Å². The zero-order valence-corrected chi connectivity index (χ0v) is 10.5. The predicted octanol–water partition coefficient (Wildman–Crippen LogP) is 2.01. The molecule has 0 saturated carbocycles. The molecule has 1 unspecified atom stereocenters. The molecule has 0 aromatic carbocycles. The van der Waals surface area contributed by atoms with Crippen molar-refractivity contribution in [2.75, 3.05) is 13.1 Å². The van der Waals surface area contributed by atoms with Gasteiger partial charge < -0.3 is 4.90 Å². The fourth-order valence-electron chi connectivity index (χ4n) is 1.55. The third-order valence-corrected chi connectivity index (χ3v) is 2.49. The highest BCUT2D eigenvalue weighted by Crippen LogP contribution is 2.06. The summed E-state index contributed by atoms with van der Waals surface area (Å²) >= 11 is 0. The van der Waals surface area contributed by atoms with Crippen molar-refractivity contribution in [1.29, 1.82) is 5.26 Å². The number of hydrogen-bond acceptors (Lipinski definition) is 3. The van der Waals surface area contributed by atoms with E-state index in [1.807, 2.05) is 26.0 Å². The van der Waals surface area contributed by atoms with E-state index in [-0.39, 0.29) is 11.8 Å². The number of nitrogens with zero attached hydrogens (tertiary/aromatic N) is 3. The van der Waals surface area contributed by atoms with Crippen LogP contribution in [0, 0.1) is 24.2 Å². The Morgan fingerprint density at radius 3 is 2.82 bits per heavy atom. The molecule has 0 radical (unpaired) electrons. The number of carbonyl (C=O) groups is 1. The van der Waals surface area contributed by atoms with Crippen molar-refractivity contribution in [2.45, 2.75) is 20.8 Å². The SMILES string of the molecule is CCN(CC(C)C#N)C(=O)c1cccc(C)n1. The van der Waals surface area contributed by atoms with E-state index in [2.05, 4.69) is 11.1 Å². The fraction of sp³-hybridized carbons (Fsp3) is 0.462. The predicted molar refractivity (Wildman–Crippen MR) is 65.3 cm³/mol. The van der Waals surface area contributed by atoms with Gasteiger partial charge in [0.2, 0.25) is 0 Å². The molecule has 0 aliphatic carbocycles. The van der Waals surface area contributed by atoms with Gasteiger partial charge in [-0.3, -0.25) is 4.79 Å². The van der Waals surface area contributed by atoms with E-state index >= 15 is 0 Å². The van der Waals surface area contributed by atoms with Gasteiger partial charge in [-0.1, -0.05) is 6.07 Å². The highest BCUT2D eigenvalue weighted by molar-refractivity contribution is 5.92. The lowest BCUT2D eigenvalue weighted by atomic mass is 10.2. The van der Waals surface area contributed by atoms with Crippen molar-refractivity contribution in [2.24, 2.45) is 5.92 Å². The first-order valence-corrected chi connectivity index (χ1v) is 5.71. The molecule has 1 aromatic rings. The summed E-state index contributed by atoms with van der Waals surface area (Å²) in [7, 11) is 0. The van der Waals surface area contributed by atoms with E-state index in [0.29, 0.717) is 18.8 Å². The molecule has 0 aliphatic heterocycles. The highest BCUT2D eigenvalue weighted by atomic mass is 16.2. The second-order valence-corrected chi connectivity index (χ2v) is 4.04. The van der Waals surface area contributed by atoms with Gasteiger partial charge in [-0.2, -0.15) is 5.26 Å². The maximum absolute atomic E-state index is 12.1. The fourth-order valence-corrected chi connectivity index (χ4v) is 1.55. The average Bonchev–Trinajstić information content (AvgIpc) is 2.34. The van der Waals surface area contributed by atoms with Gasteiger partial charge in [0, 0.05) is 18.8 Å². The molecule has 0 N–H and O–H groups in total. The molecule has 4 nitrogen and oxygen atoms in total. The van der Waals surface area contributed by atoms with E-state index in [1.165, 1.54) is 0 Å². The lowest BCUT2D eigenvalue weighted by molar-refractivity contribution is 0.0746. The minimum atomic E-state index is -0.163. The second kappa shape index (κ2) is 6.00. The summed E-state index contributed by atoms with van der Waals surface area (Å²) in [5.74, 6) is -0.276. The third kappa shape index (κ3) is 3.56. The van der Waals surface area contributed by atoms with Gasteiger partial charge in [-0.25, -0.2) is 4.98 Å². The summed E-state index contributed by atoms with van der Waals surface area (Å²) in [4.78, 5) is 18.0. The van der Waals surface area contributed by atoms with E-state index in [1.54, 1.807) is 17.9 Å². The van der Waals surface area contributed by atoms with Crippen molar-refractivity contribution >= 4 is 5.91 Å². The first kappa shape index (κ1) is 13.2. The van der Waals surface area contributed by atoms with Crippen LogP contribution in [-0.2, 0) is 0 Å². The topological polar surface area (TPSA) is 57.0 Å². The Bertz CT molecular complexity index is 437. The maximum atomic E-state index is 12.1. The largest absolute Gasteiger partial charge is 0.336 e. The molecular weight excluding hydrogens is 214 g/mol. The van der Waals surface area contributed by atoms with Crippen LogP contribution < -0.4 is 0 Å². The lowest BCUT2D eigenvalue weighted by Gasteiger charge is -2.21. The molecular formula is C13H17N3O. The molecule has 90 valence electrons. The first-order chi connectivity index (χ1) is 8.08. The van der Waals surface area contributed by atoms with Gasteiger partial charge in [-0.05, 0) is 32.9 Å². The summed E-state index contributed by atoms with van der Waals surface area (Å²) in [6.07, 6.45) is 0. The van der Waals surface area contributed by atoms with Gasteiger partial charge in [0.1, 0.15) is 5.69 Å². The average molecular weight is 231 g/mol. The molecule has 4 heteroatoms. The Morgan fingerprint density at radius 2 is 2.29 bits per heavy atom. The van der Waals surface area contributed by atoms with Gasteiger partial charge >= 0.3 is 0 Å². The van der Waals surface area contributed by atoms with Crippen LogP contribution in [0.25, 0.3) is 0 Å². The van der Waals surface area contributed by atoms with Crippen LogP contribution in [0.4, 0.5) is 0 Å². The third-order valence-electron chi connectivity index (χ3n) is 2.49. The number of hydrogen-bond donors (Lipinski definition) is 0. The second-order valence-electron chi connectivity index (χ2n) is 4.04. The number of carbonyl (C=O) groups excluding carboxylic acids is 1. The Labute approximate surface area is 102 Å². The monoisotopic (exact) mass is 231 g/mol. The van der Waals surface area contributed by atoms with Gasteiger partial charge in [-0.15, -0.1) is 0 Å². The number of pyridine rings is 1. The molecule has 1 rings (SSSR count). The Morgan fingerprint density at radius 1 is 1.59 bits per heavy atom. The van der Waals surface area contributed by atoms with Crippen molar-refractivity contribution in [3.8, 4) is 6.07 Å². The van der Waals surface area contributed by atoms with Crippen LogP contribution in [0.1, 0.15) is 30.0 Å². The number of nitriles is 1. The van der Waals surface area contributed by atoms with E-state index in [4.69, 9.17) is 5.26 Å². The van der Waals surface area contributed by atoms with Crippen molar-refractivity contribution in [3.63, 3.8) is 0 Å². The molecule has 1 aromatic heterocycles. The molecule has 0 fully saturated rings. The summed E-state index contributed by atoms with van der Waals surface area (Å²) in [6, 6.07) is 7.51. The molecule has 1 atom stereocenters. The van der Waals surface area contributed by atoms with E-state index < -0.39 is 0 Å². The quantitative estimate of drug-likeness (QED) is 0.796. The minimum absolute atomic E-state index is 0.113. The summed E-state index contributed by atoms with van der Waals surface area (Å²) < 4.78 is 0. The zero-order chi connectivity index (χ0) is 12.8. The Balaban J connectivity index is 2.83. The van der Waals surface area contributed by atoms with Crippen LogP contribution in [0.15, 0.2) is 18.2 Å². The molecule has 0 bridgehead atoms. The smallest absolute Gasteiger partial charge is 0.272 e. The number of aryl methyl sites for hydroxylation is 1. The van der Waals surface area contributed by atoms with E-state index in [9.17, 15) is 4.79 Å². The Kier molecular flexibility index (Phi) is 4.65. The summed E-state index contributed by atoms with van der Waals surface area (Å²) in [6.45, 7) is 6.59. The molecule has 17 heavy (non-hydrogen) atoms. The van der Waals surface area contributed by atoms with Crippen LogP contribution in [0.2, 0.25) is 0 Å². The number of aromatic nitrogens is 1. The van der Waals surface area contributed by atoms with Gasteiger partial charge in [0.05, 0.1) is 12.0 Å². The van der Waals surface area contributed by atoms with Crippen molar-refractivity contribution in [1.82, 2.24) is 9.88 Å². The van der Waals surface area contributed by atoms with Crippen molar-refractivity contribution in [3.05, 3.63) is 29.6 Å². The summed E-state index contributed by atoms with van der Waals surface area (Å²) in [5.41, 5.74) is 1.26. The lowest BCUT2D eigenvalue weighted by Crippen LogP contribution is -2.34. The standard InChI is InChI=1S/C13H17N3O/c1-4-16(9-10(2)8-14)13(17)12-7-5-6-11(3)15-12/h5-7,10H,4,9H2,1-3H3. The van der Waals surface area contributed by atoms with Crippen LogP contribution in [0.3, 0.4) is 0 Å². The number of rotatable bonds is 4. The molecule has 1 heterocycles. The van der Waals surface area contributed by atoms with Crippen LogP contribution in [0.5, 0.6) is 0 Å². The summed E-state index contributed by atoms with van der Waals surface area (Å²) in [5, 5.41) is 8.77. The normalized spacial score (nSPS) is 11.6. The van der Waals surface area contributed by atoms with E-state index in [0.717, 1.165) is 5.69 Å². The first-order valence-electron chi connectivity index (χ1n) is 5.71. The minimum Gasteiger partial charge on any atom is -0.336 e. The molecule has 0 saturated heterocycles. The maximum Gasteiger partial charge on any atom is 0.272 e.